The van der Waals surface area contributed by atoms with Gasteiger partial charge in [-0.3, -0.25) is 4.79 Å². The van der Waals surface area contributed by atoms with Crippen LogP contribution in [0.2, 0.25) is 0 Å². The van der Waals surface area contributed by atoms with Crippen molar-refractivity contribution >= 4 is 5.91 Å². The van der Waals surface area contributed by atoms with Crippen molar-refractivity contribution in [3.05, 3.63) is 70.8 Å². The number of benzene rings is 2. The minimum Gasteiger partial charge on any atom is -0.390 e. The van der Waals surface area contributed by atoms with Crippen molar-refractivity contribution in [1.82, 2.24) is 10.6 Å². The molecule has 3 N–H and O–H groups in total. The first-order valence-electron chi connectivity index (χ1n) is 13.9. The van der Waals surface area contributed by atoms with Crippen LogP contribution in [-0.2, 0) is 22.2 Å². The van der Waals surface area contributed by atoms with Gasteiger partial charge >= 0.3 is 0 Å². The number of halogens is 2. The molecule has 2 fully saturated rings. The third-order valence-electron chi connectivity index (χ3n) is 8.28. The summed E-state index contributed by atoms with van der Waals surface area (Å²) in [7, 11) is 0. The van der Waals surface area contributed by atoms with Gasteiger partial charge in [-0.2, -0.15) is 0 Å². The monoisotopic (exact) mass is 512 g/mol. The van der Waals surface area contributed by atoms with Gasteiger partial charge in [-0.25, -0.2) is 8.78 Å². The predicted molar refractivity (Wildman–Crippen MR) is 143 cm³/mol. The Morgan fingerprint density at radius 3 is 2.30 bits per heavy atom. The van der Waals surface area contributed by atoms with Crippen molar-refractivity contribution < 1.29 is 18.7 Å². The van der Waals surface area contributed by atoms with E-state index in [1.807, 2.05) is 0 Å². The van der Waals surface area contributed by atoms with Gasteiger partial charge in [0.25, 0.3) is 0 Å². The maximum absolute atomic E-state index is 13.9. The lowest BCUT2D eigenvalue weighted by atomic mass is 9.74. The molecule has 2 aliphatic rings. The van der Waals surface area contributed by atoms with Crippen LogP contribution < -0.4 is 10.6 Å². The van der Waals surface area contributed by atoms with E-state index >= 15 is 0 Å². The summed E-state index contributed by atoms with van der Waals surface area (Å²) in [6, 6.07) is 11.5. The zero-order chi connectivity index (χ0) is 26.6. The number of rotatable bonds is 9. The lowest BCUT2D eigenvalue weighted by Gasteiger charge is -2.41. The largest absolute Gasteiger partial charge is 0.390 e. The summed E-state index contributed by atoms with van der Waals surface area (Å²) in [6.45, 7) is 6.90. The summed E-state index contributed by atoms with van der Waals surface area (Å²) in [5.74, 6) is -1.45. The van der Waals surface area contributed by atoms with Gasteiger partial charge in [-0.05, 0) is 66.3 Å². The van der Waals surface area contributed by atoms with E-state index in [0.717, 1.165) is 51.0 Å². The molecule has 4 rings (SSSR count). The van der Waals surface area contributed by atoms with Crippen LogP contribution in [0, 0.1) is 17.6 Å². The molecule has 202 valence electrons. The number of hydrogen-bond acceptors (Lipinski definition) is 3. The number of carbonyl (C=O) groups is 1. The maximum Gasteiger partial charge on any atom is 0.223 e. The van der Waals surface area contributed by atoms with E-state index in [9.17, 15) is 18.7 Å². The summed E-state index contributed by atoms with van der Waals surface area (Å²) in [4.78, 5) is 12.8. The fraction of sp³-hybridized carbons (Fsp3) is 0.581. The topological polar surface area (TPSA) is 61.4 Å². The van der Waals surface area contributed by atoms with Crippen LogP contribution in [0.25, 0.3) is 0 Å². The average molecular weight is 513 g/mol. The Hall–Kier alpha value is -2.31. The second-order valence-corrected chi connectivity index (χ2v) is 12.1. The smallest absolute Gasteiger partial charge is 0.223 e. The van der Waals surface area contributed by atoms with Gasteiger partial charge < -0.3 is 15.7 Å². The number of hydrogen-bond donors (Lipinski definition) is 3. The Kier molecular flexibility index (Phi) is 8.70. The van der Waals surface area contributed by atoms with Gasteiger partial charge in [0, 0.05) is 24.1 Å². The number of nitrogens with one attached hydrogen (secondary N) is 2. The van der Waals surface area contributed by atoms with E-state index in [1.54, 1.807) is 0 Å². The summed E-state index contributed by atoms with van der Waals surface area (Å²) >= 11 is 0. The number of carbonyl (C=O) groups excluding carboxylic acids is 1. The van der Waals surface area contributed by atoms with Crippen molar-refractivity contribution in [2.45, 2.75) is 102 Å². The van der Waals surface area contributed by atoms with Gasteiger partial charge in [0.1, 0.15) is 11.6 Å². The average Bonchev–Trinajstić information content (AvgIpc) is 2.80. The minimum absolute atomic E-state index is 0.0303. The summed E-state index contributed by atoms with van der Waals surface area (Å²) in [6.07, 6.45) is 7.30. The summed E-state index contributed by atoms with van der Waals surface area (Å²) in [5, 5.41) is 18.0. The van der Waals surface area contributed by atoms with Crippen LogP contribution in [0.15, 0.2) is 42.5 Å². The second kappa shape index (κ2) is 11.6. The third kappa shape index (κ3) is 6.97. The highest BCUT2D eigenvalue weighted by Crippen LogP contribution is 2.38. The molecule has 0 spiro atoms. The first-order valence-corrected chi connectivity index (χ1v) is 13.9. The van der Waals surface area contributed by atoms with Crippen molar-refractivity contribution in [2.75, 3.05) is 6.54 Å². The molecule has 2 aromatic carbocycles. The molecule has 2 atom stereocenters. The normalized spacial score (nSPS) is 19.6. The summed E-state index contributed by atoms with van der Waals surface area (Å²) in [5.41, 5.74) is 2.70. The molecule has 2 saturated carbocycles. The molecule has 1 amide bonds. The maximum atomic E-state index is 13.9. The van der Waals surface area contributed by atoms with Crippen LogP contribution in [0.4, 0.5) is 8.78 Å². The first-order chi connectivity index (χ1) is 17.6. The lowest BCUT2D eigenvalue weighted by Crippen LogP contribution is -2.54. The third-order valence-corrected chi connectivity index (χ3v) is 8.28. The van der Waals surface area contributed by atoms with Gasteiger partial charge in [-0.1, -0.05) is 70.7 Å². The number of aliphatic hydroxyl groups excluding tert-OH is 1. The summed E-state index contributed by atoms with van der Waals surface area (Å²) < 4.78 is 27.8. The first kappa shape index (κ1) is 27.7. The number of aliphatic hydroxyl groups is 1. The molecule has 2 aliphatic carbocycles. The van der Waals surface area contributed by atoms with E-state index in [4.69, 9.17) is 0 Å². The highest BCUT2D eigenvalue weighted by atomic mass is 19.1. The van der Waals surface area contributed by atoms with E-state index in [2.05, 4.69) is 55.7 Å². The molecule has 2 aromatic rings. The van der Waals surface area contributed by atoms with Crippen molar-refractivity contribution in [3.63, 3.8) is 0 Å². The SMILES string of the molecule is CC(C)(C)c1cccc(C2(NCC(O)C(Cc3cc(F)cc(F)c3)NC(=O)C3CCC3)CCCCC2)c1. The van der Waals surface area contributed by atoms with Gasteiger partial charge in [-0.15, -0.1) is 0 Å². The molecular weight excluding hydrogens is 470 g/mol. The molecule has 0 radical (unpaired) electrons. The molecule has 37 heavy (non-hydrogen) atoms. The Morgan fingerprint density at radius 2 is 1.70 bits per heavy atom. The van der Waals surface area contributed by atoms with Gasteiger partial charge in [0.15, 0.2) is 0 Å². The molecule has 0 aliphatic heterocycles. The van der Waals surface area contributed by atoms with Crippen LogP contribution in [0.3, 0.4) is 0 Å². The molecule has 4 nitrogen and oxygen atoms in total. The van der Waals surface area contributed by atoms with Crippen LogP contribution >= 0.6 is 0 Å². The molecule has 2 unspecified atom stereocenters. The Balaban J connectivity index is 1.54. The highest BCUT2D eigenvalue weighted by Gasteiger charge is 2.36. The van der Waals surface area contributed by atoms with E-state index < -0.39 is 23.8 Å². The fourth-order valence-corrected chi connectivity index (χ4v) is 5.69. The van der Waals surface area contributed by atoms with E-state index in [1.165, 1.54) is 29.7 Å². The van der Waals surface area contributed by atoms with Crippen molar-refractivity contribution in [3.8, 4) is 0 Å². The second-order valence-electron chi connectivity index (χ2n) is 12.1. The van der Waals surface area contributed by atoms with Crippen molar-refractivity contribution in [1.29, 1.82) is 0 Å². The lowest BCUT2D eigenvalue weighted by molar-refractivity contribution is -0.129. The van der Waals surface area contributed by atoms with E-state index in [0.29, 0.717) is 5.56 Å². The highest BCUT2D eigenvalue weighted by molar-refractivity contribution is 5.79. The van der Waals surface area contributed by atoms with Gasteiger partial charge in [0.05, 0.1) is 12.1 Å². The number of amides is 1. The van der Waals surface area contributed by atoms with Crippen LogP contribution in [0.5, 0.6) is 0 Å². The molecule has 0 bridgehead atoms. The van der Waals surface area contributed by atoms with Crippen molar-refractivity contribution in [2.24, 2.45) is 5.92 Å². The Labute approximate surface area is 220 Å². The zero-order valence-electron chi connectivity index (χ0n) is 22.5. The molecule has 0 aromatic heterocycles. The fourth-order valence-electron chi connectivity index (χ4n) is 5.69. The van der Waals surface area contributed by atoms with E-state index in [-0.39, 0.29) is 35.7 Å². The predicted octanol–water partition coefficient (Wildman–Crippen LogP) is 5.90. The molecule has 0 heterocycles. The molecule has 6 heteroatoms. The zero-order valence-corrected chi connectivity index (χ0v) is 22.5. The minimum atomic E-state index is -0.917. The van der Waals surface area contributed by atoms with Gasteiger partial charge in [0.2, 0.25) is 5.91 Å². The molecule has 0 saturated heterocycles. The molecular formula is C31H42F2N2O2. The van der Waals surface area contributed by atoms with Crippen LogP contribution in [-0.4, -0.2) is 29.7 Å². The Morgan fingerprint density at radius 1 is 1.03 bits per heavy atom. The van der Waals surface area contributed by atoms with Crippen LogP contribution in [0.1, 0.15) is 88.8 Å². The Bertz CT molecular complexity index is 1050. The quantitative estimate of drug-likeness (QED) is 0.392. The standard InChI is InChI=1S/C31H42F2N2O2/c1-30(2,3)23-11-8-12-24(18-23)31(13-5-4-6-14-31)34-20-28(36)27(35-29(37)22-9-7-10-22)17-21-15-25(32)19-26(33)16-21/h8,11-12,15-16,18-19,22,27-28,34,36H,4-7,9-10,13-14,17,20H2,1-3H3,(H,35,37).